The minimum Gasteiger partial charge on any atom is -0.301 e. The summed E-state index contributed by atoms with van der Waals surface area (Å²) in [5.74, 6) is 0.740. The molecule has 0 amide bonds. The predicted octanol–water partition coefficient (Wildman–Crippen LogP) is 3.60. The minimum absolute atomic E-state index is 0.740. The molecule has 0 spiro atoms. The van der Waals surface area contributed by atoms with Crippen molar-refractivity contribution in [1.82, 2.24) is 4.90 Å². The van der Waals surface area contributed by atoms with Crippen LogP contribution in [0.5, 0.6) is 0 Å². The monoisotopic (exact) mass is 261 g/mol. The molecule has 1 aromatic heterocycles. The Morgan fingerprint density at radius 1 is 1.54 bits per heavy atom. The van der Waals surface area contributed by atoms with Crippen LogP contribution in [0.3, 0.4) is 0 Å². The third-order valence-corrected chi connectivity index (χ3v) is 3.69. The van der Waals surface area contributed by atoms with Gasteiger partial charge in [0.25, 0.3) is 0 Å². The first-order valence-electron chi connectivity index (χ1n) is 4.50. The van der Waals surface area contributed by atoms with Gasteiger partial charge in [0.15, 0.2) is 0 Å². The van der Waals surface area contributed by atoms with E-state index in [0.29, 0.717) is 0 Å². The summed E-state index contributed by atoms with van der Waals surface area (Å²) in [7, 11) is 2.17. The molecule has 1 nitrogen and oxygen atoms in total. The van der Waals surface area contributed by atoms with Crippen LogP contribution in [-0.2, 0) is 6.54 Å². The molecule has 1 aromatic rings. The molecule has 0 aliphatic heterocycles. The summed E-state index contributed by atoms with van der Waals surface area (Å²) in [6.45, 7) is 6.71. The highest BCUT2D eigenvalue weighted by molar-refractivity contribution is 9.10. The van der Waals surface area contributed by atoms with Crippen molar-refractivity contribution in [1.29, 1.82) is 0 Å². The molecule has 3 heteroatoms. The van der Waals surface area contributed by atoms with E-state index in [1.807, 2.05) is 11.3 Å². The molecule has 1 rings (SSSR count). The van der Waals surface area contributed by atoms with E-state index >= 15 is 0 Å². The summed E-state index contributed by atoms with van der Waals surface area (Å²) >= 11 is 5.36. The lowest BCUT2D eigenvalue weighted by molar-refractivity contribution is 0.290. The summed E-state index contributed by atoms with van der Waals surface area (Å²) in [5.41, 5.74) is 0. The van der Waals surface area contributed by atoms with Crippen LogP contribution in [0.15, 0.2) is 15.9 Å². The average Bonchev–Trinajstić information content (AvgIpc) is 2.34. The summed E-state index contributed by atoms with van der Waals surface area (Å²) in [6.07, 6.45) is 0. The molecule has 0 radical (unpaired) electrons. The topological polar surface area (TPSA) is 3.24 Å². The highest BCUT2D eigenvalue weighted by Crippen LogP contribution is 2.23. The normalized spacial score (nSPS) is 11.5. The number of hydrogen-bond acceptors (Lipinski definition) is 2. The maximum atomic E-state index is 3.54. The molecule has 0 fully saturated rings. The highest BCUT2D eigenvalue weighted by atomic mass is 79.9. The smallest absolute Gasteiger partial charge is 0.0336 e. The van der Waals surface area contributed by atoms with Crippen molar-refractivity contribution in [2.75, 3.05) is 13.6 Å². The molecule has 0 unspecified atom stereocenters. The van der Waals surface area contributed by atoms with Crippen molar-refractivity contribution in [2.45, 2.75) is 20.4 Å². The second-order valence-electron chi connectivity index (χ2n) is 3.78. The van der Waals surface area contributed by atoms with E-state index in [9.17, 15) is 0 Å². The van der Waals surface area contributed by atoms with Crippen molar-refractivity contribution in [3.8, 4) is 0 Å². The van der Waals surface area contributed by atoms with Crippen molar-refractivity contribution in [3.05, 3.63) is 20.8 Å². The van der Waals surface area contributed by atoms with Gasteiger partial charge in [-0.15, -0.1) is 11.3 Å². The number of thiophene rings is 1. The summed E-state index contributed by atoms with van der Waals surface area (Å²) < 4.78 is 1.24. The van der Waals surface area contributed by atoms with E-state index in [1.54, 1.807) is 0 Å². The van der Waals surface area contributed by atoms with Gasteiger partial charge in [0.05, 0.1) is 0 Å². The van der Waals surface area contributed by atoms with Crippen LogP contribution >= 0.6 is 27.3 Å². The van der Waals surface area contributed by atoms with E-state index in [0.717, 1.165) is 19.0 Å². The van der Waals surface area contributed by atoms with Gasteiger partial charge in [-0.05, 0) is 40.3 Å². The summed E-state index contributed by atoms with van der Waals surface area (Å²) in [5, 5.41) is 2.13. The van der Waals surface area contributed by atoms with Gasteiger partial charge in [-0.1, -0.05) is 13.8 Å². The Bertz CT molecular complexity index is 257. The van der Waals surface area contributed by atoms with Crippen LogP contribution in [-0.4, -0.2) is 18.5 Å². The molecule has 0 atom stereocenters. The second kappa shape index (κ2) is 5.13. The minimum atomic E-state index is 0.740. The average molecular weight is 262 g/mol. The standard InChI is InChI=1S/C10H16BrNS/c1-8(2)6-12(3)7-10-9(11)4-5-13-10/h4-5,8H,6-7H2,1-3H3. The number of rotatable bonds is 4. The zero-order valence-electron chi connectivity index (χ0n) is 8.38. The van der Waals surface area contributed by atoms with E-state index in [1.165, 1.54) is 9.35 Å². The zero-order chi connectivity index (χ0) is 9.84. The first-order chi connectivity index (χ1) is 6.09. The molecule has 0 N–H and O–H groups in total. The van der Waals surface area contributed by atoms with Crippen LogP contribution in [0.1, 0.15) is 18.7 Å². The number of nitrogens with zero attached hydrogens (tertiary/aromatic N) is 1. The molecule has 0 aliphatic rings. The van der Waals surface area contributed by atoms with Crippen LogP contribution in [0.2, 0.25) is 0 Å². The van der Waals surface area contributed by atoms with E-state index in [4.69, 9.17) is 0 Å². The van der Waals surface area contributed by atoms with Crippen molar-refractivity contribution in [3.63, 3.8) is 0 Å². The first kappa shape index (κ1) is 11.2. The fraction of sp³-hybridized carbons (Fsp3) is 0.600. The summed E-state index contributed by atoms with van der Waals surface area (Å²) in [4.78, 5) is 3.78. The molecule has 13 heavy (non-hydrogen) atoms. The molecule has 0 bridgehead atoms. The molecule has 0 aromatic carbocycles. The largest absolute Gasteiger partial charge is 0.301 e. The Kier molecular flexibility index (Phi) is 4.42. The third kappa shape index (κ3) is 3.79. The van der Waals surface area contributed by atoms with E-state index in [-0.39, 0.29) is 0 Å². The zero-order valence-corrected chi connectivity index (χ0v) is 10.8. The van der Waals surface area contributed by atoms with Gasteiger partial charge in [-0.25, -0.2) is 0 Å². The van der Waals surface area contributed by atoms with Gasteiger partial charge in [0.2, 0.25) is 0 Å². The number of hydrogen-bond donors (Lipinski definition) is 0. The van der Waals surface area contributed by atoms with Crippen molar-refractivity contribution >= 4 is 27.3 Å². The first-order valence-corrected chi connectivity index (χ1v) is 6.17. The Balaban J connectivity index is 2.45. The lowest BCUT2D eigenvalue weighted by Gasteiger charge is -2.18. The van der Waals surface area contributed by atoms with Crippen molar-refractivity contribution < 1.29 is 0 Å². The molecular formula is C10H16BrNS. The second-order valence-corrected chi connectivity index (χ2v) is 5.64. The molecule has 1 heterocycles. The lowest BCUT2D eigenvalue weighted by Crippen LogP contribution is -2.22. The Labute approximate surface area is 92.9 Å². The molecule has 0 saturated heterocycles. The van der Waals surface area contributed by atoms with E-state index < -0.39 is 0 Å². The van der Waals surface area contributed by atoms with Crippen LogP contribution in [0.25, 0.3) is 0 Å². The number of halogens is 1. The van der Waals surface area contributed by atoms with Gasteiger partial charge < -0.3 is 4.90 Å². The molecule has 0 aliphatic carbocycles. The Hall–Kier alpha value is 0.140. The van der Waals surface area contributed by atoms with Gasteiger partial charge >= 0.3 is 0 Å². The summed E-state index contributed by atoms with van der Waals surface area (Å²) in [6, 6.07) is 2.11. The van der Waals surface area contributed by atoms with Crippen molar-refractivity contribution in [2.24, 2.45) is 5.92 Å². The van der Waals surface area contributed by atoms with Gasteiger partial charge in [-0.3, -0.25) is 0 Å². The van der Waals surface area contributed by atoms with Gasteiger partial charge in [-0.2, -0.15) is 0 Å². The lowest BCUT2D eigenvalue weighted by atomic mass is 10.2. The quantitative estimate of drug-likeness (QED) is 0.801. The van der Waals surface area contributed by atoms with Crippen LogP contribution < -0.4 is 0 Å². The third-order valence-electron chi connectivity index (χ3n) is 1.78. The maximum Gasteiger partial charge on any atom is 0.0336 e. The predicted molar refractivity (Wildman–Crippen MR) is 63.2 cm³/mol. The van der Waals surface area contributed by atoms with Crippen LogP contribution in [0, 0.1) is 5.92 Å². The maximum absolute atomic E-state index is 3.54. The van der Waals surface area contributed by atoms with Crippen LogP contribution in [0.4, 0.5) is 0 Å². The molecular weight excluding hydrogens is 246 g/mol. The van der Waals surface area contributed by atoms with Gasteiger partial charge in [0, 0.05) is 22.4 Å². The van der Waals surface area contributed by atoms with Gasteiger partial charge in [0.1, 0.15) is 0 Å². The Morgan fingerprint density at radius 2 is 2.23 bits per heavy atom. The highest BCUT2D eigenvalue weighted by Gasteiger charge is 2.06. The fourth-order valence-electron chi connectivity index (χ4n) is 1.37. The fourth-order valence-corrected chi connectivity index (χ4v) is 2.93. The SMILES string of the molecule is CC(C)CN(C)Cc1sccc1Br. The molecule has 0 saturated carbocycles. The molecule has 74 valence electrons. The Morgan fingerprint density at radius 3 is 2.69 bits per heavy atom. The van der Waals surface area contributed by atoms with E-state index in [2.05, 4.69) is 53.2 Å².